The molecule has 16 heavy (non-hydrogen) atoms. The van der Waals surface area contributed by atoms with Crippen molar-refractivity contribution in [2.75, 3.05) is 20.3 Å². The van der Waals surface area contributed by atoms with Gasteiger partial charge in [-0.3, -0.25) is 10.1 Å². The van der Waals surface area contributed by atoms with E-state index in [4.69, 9.17) is 14.9 Å². The van der Waals surface area contributed by atoms with E-state index in [1.54, 1.807) is 6.07 Å². The van der Waals surface area contributed by atoms with Crippen LogP contribution in [-0.4, -0.2) is 35.5 Å². The maximum atomic E-state index is 10.8. The van der Waals surface area contributed by atoms with Crippen molar-refractivity contribution in [3.8, 4) is 5.75 Å². The third-order valence-electron chi connectivity index (χ3n) is 2.31. The van der Waals surface area contributed by atoms with Crippen molar-refractivity contribution in [3.05, 3.63) is 33.9 Å². The number of methoxy groups -OCH3 is 1. The highest BCUT2D eigenvalue weighted by Crippen LogP contribution is 2.30. The summed E-state index contributed by atoms with van der Waals surface area (Å²) in [5.41, 5.74) is 0.142. The standard InChI is InChI=1S/C10H13NO5/c1-16-8-2-3-9(7(5-12)6-13)10(4-8)11(14)15/h2-4,7,12-13H,5-6H2,1H3. The summed E-state index contributed by atoms with van der Waals surface area (Å²) in [6, 6.07) is 4.31. The third-order valence-corrected chi connectivity index (χ3v) is 2.31. The highest BCUT2D eigenvalue weighted by atomic mass is 16.6. The molecular weight excluding hydrogens is 214 g/mol. The normalized spacial score (nSPS) is 10.5. The average molecular weight is 227 g/mol. The number of hydrogen-bond donors (Lipinski definition) is 2. The molecule has 0 atom stereocenters. The summed E-state index contributed by atoms with van der Waals surface area (Å²) in [6.45, 7) is -0.687. The Morgan fingerprint density at radius 3 is 2.50 bits per heavy atom. The van der Waals surface area contributed by atoms with Crippen LogP contribution in [0.5, 0.6) is 5.75 Å². The van der Waals surface area contributed by atoms with Crippen LogP contribution in [0.25, 0.3) is 0 Å². The van der Waals surface area contributed by atoms with Gasteiger partial charge in [-0.15, -0.1) is 0 Å². The third kappa shape index (κ3) is 2.47. The van der Waals surface area contributed by atoms with E-state index in [-0.39, 0.29) is 18.9 Å². The summed E-state index contributed by atoms with van der Waals surface area (Å²) in [5.74, 6) is -0.281. The Morgan fingerprint density at radius 1 is 1.44 bits per heavy atom. The predicted molar refractivity (Wildman–Crippen MR) is 56.6 cm³/mol. The molecule has 0 aliphatic carbocycles. The molecule has 0 saturated heterocycles. The molecule has 6 nitrogen and oxygen atoms in total. The molecule has 0 heterocycles. The van der Waals surface area contributed by atoms with E-state index >= 15 is 0 Å². The molecule has 88 valence electrons. The molecule has 0 bridgehead atoms. The van der Waals surface area contributed by atoms with Gasteiger partial charge in [0.15, 0.2) is 0 Å². The maximum absolute atomic E-state index is 10.8. The van der Waals surface area contributed by atoms with Gasteiger partial charge in [-0.1, -0.05) is 0 Å². The molecule has 0 unspecified atom stereocenters. The number of aliphatic hydroxyl groups is 2. The van der Waals surface area contributed by atoms with Gasteiger partial charge < -0.3 is 14.9 Å². The van der Waals surface area contributed by atoms with Gasteiger partial charge >= 0.3 is 0 Å². The molecule has 0 aromatic heterocycles. The zero-order valence-corrected chi connectivity index (χ0v) is 8.79. The lowest BCUT2D eigenvalue weighted by molar-refractivity contribution is -0.385. The molecule has 0 saturated carbocycles. The number of rotatable bonds is 5. The monoisotopic (exact) mass is 227 g/mol. The second-order valence-corrected chi connectivity index (χ2v) is 3.24. The topological polar surface area (TPSA) is 92.8 Å². The van der Waals surface area contributed by atoms with Crippen molar-refractivity contribution in [1.29, 1.82) is 0 Å². The second kappa shape index (κ2) is 5.43. The SMILES string of the molecule is COc1ccc(C(CO)CO)c([N+](=O)[O-])c1. The van der Waals surface area contributed by atoms with E-state index in [2.05, 4.69) is 0 Å². The van der Waals surface area contributed by atoms with E-state index in [1.807, 2.05) is 0 Å². The van der Waals surface area contributed by atoms with Crippen LogP contribution in [0, 0.1) is 10.1 Å². The van der Waals surface area contributed by atoms with Gasteiger partial charge in [-0.05, 0) is 12.1 Å². The van der Waals surface area contributed by atoms with Gasteiger partial charge in [0.2, 0.25) is 0 Å². The summed E-state index contributed by atoms with van der Waals surface area (Å²) in [7, 11) is 1.41. The number of hydrogen-bond acceptors (Lipinski definition) is 5. The van der Waals surface area contributed by atoms with Gasteiger partial charge in [0, 0.05) is 11.5 Å². The molecule has 1 aromatic carbocycles. The van der Waals surface area contributed by atoms with Gasteiger partial charge in [0.25, 0.3) is 5.69 Å². The van der Waals surface area contributed by atoms with Crippen LogP contribution in [0.4, 0.5) is 5.69 Å². The second-order valence-electron chi connectivity index (χ2n) is 3.24. The first-order valence-corrected chi connectivity index (χ1v) is 4.68. The van der Waals surface area contributed by atoms with E-state index in [0.717, 1.165) is 0 Å². The molecule has 0 aliphatic rings. The zero-order valence-electron chi connectivity index (χ0n) is 8.79. The fourth-order valence-corrected chi connectivity index (χ4v) is 1.41. The summed E-state index contributed by atoms with van der Waals surface area (Å²) in [4.78, 5) is 10.3. The fourth-order valence-electron chi connectivity index (χ4n) is 1.41. The van der Waals surface area contributed by atoms with Crippen LogP contribution in [0.2, 0.25) is 0 Å². The summed E-state index contributed by atoms with van der Waals surface area (Å²) >= 11 is 0. The molecule has 0 spiro atoms. The lowest BCUT2D eigenvalue weighted by atomic mass is 9.99. The molecule has 2 N–H and O–H groups in total. The van der Waals surface area contributed by atoms with Gasteiger partial charge in [0.05, 0.1) is 31.3 Å². The number of benzene rings is 1. The Kier molecular flexibility index (Phi) is 4.21. The average Bonchev–Trinajstić information content (AvgIpc) is 2.30. The van der Waals surface area contributed by atoms with Crippen molar-refractivity contribution in [3.63, 3.8) is 0 Å². The van der Waals surface area contributed by atoms with Crippen LogP contribution in [0.15, 0.2) is 18.2 Å². The number of nitro benzene ring substituents is 1. The highest BCUT2D eigenvalue weighted by molar-refractivity contribution is 5.48. The molecule has 0 radical (unpaired) electrons. The van der Waals surface area contributed by atoms with Crippen molar-refractivity contribution < 1.29 is 19.9 Å². The molecule has 0 fully saturated rings. The van der Waals surface area contributed by atoms with Crippen LogP contribution in [0.3, 0.4) is 0 Å². The van der Waals surface area contributed by atoms with Crippen LogP contribution >= 0.6 is 0 Å². The number of ether oxygens (including phenoxy) is 1. The van der Waals surface area contributed by atoms with Crippen molar-refractivity contribution >= 4 is 5.69 Å². The molecule has 1 rings (SSSR count). The van der Waals surface area contributed by atoms with Gasteiger partial charge in [0.1, 0.15) is 5.75 Å². The number of aliphatic hydroxyl groups excluding tert-OH is 2. The molecular formula is C10H13NO5. The van der Waals surface area contributed by atoms with Crippen LogP contribution in [-0.2, 0) is 0 Å². The van der Waals surface area contributed by atoms with Crippen molar-refractivity contribution in [2.24, 2.45) is 0 Å². The lowest BCUT2D eigenvalue weighted by Gasteiger charge is -2.12. The summed E-state index contributed by atoms with van der Waals surface area (Å²) in [5, 5.41) is 28.8. The van der Waals surface area contributed by atoms with Gasteiger partial charge in [-0.2, -0.15) is 0 Å². The Balaban J connectivity index is 3.21. The minimum atomic E-state index is -0.647. The van der Waals surface area contributed by atoms with E-state index < -0.39 is 10.8 Å². The Morgan fingerprint density at radius 2 is 2.06 bits per heavy atom. The number of nitro groups is 1. The minimum Gasteiger partial charge on any atom is -0.497 e. The maximum Gasteiger partial charge on any atom is 0.276 e. The van der Waals surface area contributed by atoms with E-state index in [1.165, 1.54) is 19.2 Å². The van der Waals surface area contributed by atoms with E-state index in [9.17, 15) is 10.1 Å². The van der Waals surface area contributed by atoms with Crippen molar-refractivity contribution in [2.45, 2.75) is 5.92 Å². The minimum absolute atomic E-state index is 0.160. The molecule has 0 aliphatic heterocycles. The van der Waals surface area contributed by atoms with Crippen LogP contribution in [0.1, 0.15) is 11.5 Å². The molecule has 6 heteroatoms. The first-order chi connectivity index (χ1) is 7.63. The zero-order chi connectivity index (χ0) is 12.1. The Bertz CT molecular complexity index is 375. The largest absolute Gasteiger partial charge is 0.497 e. The molecule has 1 aromatic rings. The first-order valence-electron chi connectivity index (χ1n) is 4.68. The smallest absolute Gasteiger partial charge is 0.276 e. The Hall–Kier alpha value is -1.66. The molecule has 0 amide bonds. The fraction of sp³-hybridized carbons (Fsp3) is 0.400. The quantitative estimate of drug-likeness (QED) is 0.569. The lowest BCUT2D eigenvalue weighted by Crippen LogP contribution is -2.11. The van der Waals surface area contributed by atoms with E-state index in [0.29, 0.717) is 11.3 Å². The highest BCUT2D eigenvalue weighted by Gasteiger charge is 2.21. The summed E-state index contributed by atoms with van der Waals surface area (Å²) in [6.07, 6.45) is 0. The number of nitrogens with zero attached hydrogens (tertiary/aromatic N) is 1. The Labute approximate surface area is 92.2 Å². The van der Waals surface area contributed by atoms with Crippen LogP contribution < -0.4 is 4.74 Å². The van der Waals surface area contributed by atoms with Gasteiger partial charge in [-0.25, -0.2) is 0 Å². The first kappa shape index (κ1) is 12.4. The summed E-state index contributed by atoms with van der Waals surface area (Å²) < 4.78 is 4.88. The predicted octanol–water partition coefficient (Wildman–Crippen LogP) is 0.672. The van der Waals surface area contributed by atoms with Crippen molar-refractivity contribution in [1.82, 2.24) is 0 Å².